The van der Waals surface area contributed by atoms with Crippen molar-refractivity contribution in [3.8, 4) is 5.75 Å². The average molecular weight is 446 g/mol. The summed E-state index contributed by atoms with van der Waals surface area (Å²) in [6.07, 6.45) is 1.47. The molecule has 2 aromatic rings. The van der Waals surface area contributed by atoms with E-state index in [0.29, 0.717) is 11.4 Å². The molecule has 0 atom stereocenters. The van der Waals surface area contributed by atoms with Crippen molar-refractivity contribution in [1.82, 2.24) is 9.21 Å². The third-order valence-corrected chi connectivity index (χ3v) is 5.95. The van der Waals surface area contributed by atoms with Crippen molar-refractivity contribution in [2.75, 3.05) is 39.1 Å². The maximum absolute atomic E-state index is 12.6. The number of rotatable bonds is 10. The van der Waals surface area contributed by atoms with E-state index >= 15 is 0 Å². The van der Waals surface area contributed by atoms with Crippen LogP contribution in [0.1, 0.15) is 12.5 Å². The van der Waals surface area contributed by atoms with E-state index in [1.807, 2.05) is 6.07 Å². The summed E-state index contributed by atoms with van der Waals surface area (Å²) < 4.78 is 31.1. The van der Waals surface area contributed by atoms with Crippen LogP contribution >= 0.6 is 0 Å². The fourth-order valence-corrected chi connectivity index (χ4v) is 3.53. The van der Waals surface area contributed by atoms with Crippen LogP contribution in [0.25, 0.3) is 6.08 Å². The van der Waals surface area contributed by atoms with E-state index in [4.69, 9.17) is 4.74 Å². The smallest absolute Gasteiger partial charge is 0.244 e. The van der Waals surface area contributed by atoms with Crippen LogP contribution in [0.3, 0.4) is 0 Å². The lowest BCUT2D eigenvalue weighted by Crippen LogP contribution is -2.43. The molecule has 0 heterocycles. The van der Waals surface area contributed by atoms with Crippen LogP contribution in [-0.4, -0.2) is 63.2 Å². The Bertz CT molecular complexity index is 1020. The molecule has 0 fully saturated rings. The first-order valence-corrected chi connectivity index (χ1v) is 11.2. The molecule has 1 N–H and O–H groups in total. The van der Waals surface area contributed by atoms with E-state index in [1.165, 1.54) is 25.1 Å². The number of hydrogen-bond acceptors (Lipinski definition) is 5. The molecule has 0 aromatic heterocycles. The van der Waals surface area contributed by atoms with E-state index in [-0.39, 0.29) is 19.6 Å². The lowest BCUT2D eigenvalue weighted by Gasteiger charge is -2.23. The molecule has 2 rings (SSSR count). The Kier molecular flexibility index (Phi) is 8.77. The number of likely N-dealkylation sites (N-methyl/N-ethyl adjacent to an activating group) is 2. The number of amides is 2. The van der Waals surface area contributed by atoms with Crippen LogP contribution in [0.2, 0.25) is 0 Å². The van der Waals surface area contributed by atoms with Gasteiger partial charge in [0.25, 0.3) is 0 Å². The third kappa shape index (κ3) is 7.23. The highest BCUT2D eigenvalue weighted by Crippen LogP contribution is 2.22. The van der Waals surface area contributed by atoms with Crippen molar-refractivity contribution in [1.29, 1.82) is 0 Å². The van der Waals surface area contributed by atoms with Gasteiger partial charge in [-0.15, -0.1) is 0 Å². The van der Waals surface area contributed by atoms with Crippen LogP contribution in [0, 0.1) is 0 Å². The summed E-state index contributed by atoms with van der Waals surface area (Å²) in [7, 11) is -0.973. The monoisotopic (exact) mass is 445 g/mol. The molecule has 0 bridgehead atoms. The van der Waals surface area contributed by atoms with Crippen LogP contribution in [-0.2, 0) is 19.6 Å². The average Bonchev–Trinajstić information content (AvgIpc) is 2.77. The van der Waals surface area contributed by atoms with Gasteiger partial charge in [-0.2, -0.15) is 4.31 Å². The van der Waals surface area contributed by atoms with Crippen LogP contribution < -0.4 is 10.1 Å². The number of carbonyl (C=O) groups excluding carboxylic acids is 2. The van der Waals surface area contributed by atoms with Crippen molar-refractivity contribution in [2.24, 2.45) is 0 Å². The maximum atomic E-state index is 12.6. The summed E-state index contributed by atoms with van der Waals surface area (Å²) in [5, 5.41) is 3.76. The van der Waals surface area contributed by atoms with Gasteiger partial charge in [-0.3, -0.25) is 9.59 Å². The Hall–Kier alpha value is -3.17. The second kappa shape index (κ2) is 11.3. The van der Waals surface area contributed by atoms with E-state index in [0.717, 1.165) is 15.3 Å². The number of benzene rings is 2. The predicted octanol–water partition coefficient (Wildman–Crippen LogP) is 2.41. The number of nitrogens with one attached hydrogen (secondary N) is 1. The normalized spacial score (nSPS) is 11.5. The summed E-state index contributed by atoms with van der Waals surface area (Å²) in [6, 6.07) is 15.9. The lowest BCUT2D eigenvalue weighted by atomic mass is 10.2. The third-order valence-electron chi connectivity index (χ3n) is 4.47. The SMILES string of the molecule is CCN(CC(=O)Nc1ccccc1OC)C(=O)CN(C)S(=O)(=O)/C=C/c1ccccc1. The van der Waals surface area contributed by atoms with Gasteiger partial charge in [0.2, 0.25) is 21.8 Å². The molecule has 2 aromatic carbocycles. The lowest BCUT2D eigenvalue weighted by molar-refractivity contribution is -0.134. The highest BCUT2D eigenvalue weighted by atomic mass is 32.2. The predicted molar refractivity (Wildman–Crippen MR) is 121 cm³/mol. The number of hydrogen-bond donors (Lipinski definition) is 1. The summed E-state index contributed by atoms with van der Waals surface area (Å²) in [6.45, 7) is 1.39. The largest absolute Gasteiger partial charge is 0.495 e. The van der Waals surface area contributed by atoms with E-state index < -0.39 is 21.8 Å². The second-order valence-electron chi connectivity index (χ2n) is 6.67. The Morgan fingerprint density at radius 3 is 2.32 bits per heavy atom. The summed E-state index contributed by atoms with van der Waals surface area (Å²) in [5.74, 6) is -0.382. The van der Waals surface area contributed by atoms with Crippen LogP contribution in [0.4, 0.5) is 5.69 Å². The highest BCUT2D eigenvalue weighted by molar-refractivity contribution is 7.92. The molecule has 0 radical (unpaired) electrons. The minimum Gasteiger partial charge on any atom is -0.495 e. The van der Waals surface area contributed by atoms with E-state index in [2.05, 4.69) is 5.32 Å². The van der Waals surface area contributed by atoms with Gasteiger partial charge in [-0.25, -0.2) is 8.42 Å². The molecule has 0 unspecified atom stereocenters. The highest BCUT2D eigenvalue weighted by Gasteiger charge is 2.22. The number of methoxy groups -OCH3 is 1. The minimum absolute atomic E-state index is 0.207. The van der Waals surface area contributed by atoms with Crippen LogP contribution in [0.15, 0.2) is 60.0 Å². The minimum atomic E-state index is -3.79. The Labute approximate surface area is 183 Å². The van der Waals surface area contributed by atoms with Gasteiger partial charge in [-0.05, 0) is 30.7 Å². The van der Waals surface area contributed by atoms with Crippen molar-refractivity contribution in [3.05, 3.63) is 65.6 Å². The molecule has 0 saturated heterocycles. The molecule has 8 nitrogen and oxygen atoms in total. The summed E-state index contributed by atoms with van der Waals surface area (Å²) in [4.78, 5) is 26.3. The number of ether oxygens (including phenoxy) is 1. The Morgan fingerprint density at radius 2 is 1.68 bits per heavy atom. The number of sulfonamides is 1. The van der Waals surface area contributed by atoms with Crippen molar-refractivity contribution < 1.29 is 22.7 Å². The zero-order chi connectivity index (χ0) is 22.9. The molecule has 0 spiro atoms. The first-order chi connectivity index (χ1) is 14.8. The summed E-state index contributed by atoms with van der Waals surface area (Å²) in [5.41, 5.74) is 1.22. The molecule has 0 aliphatic carbocycles. The first kappa shape index (κ1) is 24.1. The fraction of sp³-hybridized carbons (Fsp3) is 0.273. The number of para-hydroxylation sites is 2. The van der Waals surface area contributed by atoms with Gasteiger partial charge in [0.05, 0.1) is 25.9 Å². The molecule has 31 heavy (non-hydrogen) atoms. The second-order valence-corrected chi connectivity index (χ2v) is 8.60. The fourth-order valence-electron chi connectivity index (χ4n) is 2.70. The Balaban J connectivity index is 1.98. The summed E-state index contributed by atoms with van der Waals surface area (Å²) >= 11 is 0. The zero-order valence-corrected chi connectivity index (χ0v) is 18.6. The van der Waals surface area contributed by atoms with Crippen molar-refractivity contribution in [3.63, 3.8) is 0 Å². The van der Waals surface area contributed by atoms with Crippen molar-refractivity contribution in [2.45, 2.75) is 6.92 Å². The number of nitrogens with zero attached hydrogens (tertiary/aromatic N) is 2. The quantitative estimate of drug-likeness (QED) is 0.606. The van der Waals surface area contributed by atoms with E-state index in [9.17, 15) is 18.0 Å². The van der Waals surface area contributed by atoms with Gasteiger partial charge in [0.1, 0.15) is 5.75 Å². The van der Waals surface area contributed by atoms with Gasteiger partial charge < -0.3 is 15.0 Å². The van der Waals surface area contributed by atoms with Gasteiger partial charge in [-0.1, -0.05) is 42.5 Å². The molecule has 2 amide bonds. The first-order valence-electron chi connectivity index (χ1n) is 9.67. The molecule has 166 valence electrons. The molecular formula is C22H27N3O5S. The topological polar surface area (TPSA) is 96.0 Å². The molecule has 0 saturated carbocycles. The van der Waals surface area contributed by atoms with Gasteiger partial charge >= 0.3 is 0 Å². The van der Waals surface area contributed by atoms with E-state index in [1.54, 1.807) is 55.5 Å². The van der Waals surface area contributed by atoms with Crippen LogP contribution in [0.5, 0.6) is 5.75 Å². The van der Waals surface area contributed by atoms with Gasteiger partial charge in [0, 0.05) is 19.0 Å². The molecule has 9 heteroatoms. The molecule has 0 aliphatic rings. The molecule has 0 aliphatic heterocycles. The zero-order valence-electron chi connectivity index (χ0n) is 17.8. The maximum Gasteiger partial charge on any atom is 0.244 e. The number of anilines is 1. The van der Waals surface area contributed by atoms with Gasteiger partial charge in [0.15, 0.2) is 0 Å². The number of carbonyl (C=O) groups is 2. The standard InChI is InChI=1S/C22H27N3O5S/c1-4-25(16-21(26)23-19-12-8-9-13-20(19)30-3)22(27)17-24(2)31(28,29)15-14-18-10-6-5-7-11-18/h5-15H,4,16-17H2,1-3H3,(H,23,26)/b15-14+. The Morgan fingerprint density at radius 1 is 1.03 bits per heavy atom. The van der Waals surface area contributed by atoms with Crippen molar-refractivity contribution >= 4 is 33.6 Å². The molecular weight excluding hydrogens is 418 g/mol.